The number of methoxy groups -OCH3 is 1. The van der Waals surface area contributed by atoms with Gasteiger partial charge in [-0.25, -0.2) is 13.2 Å². The summed E-state index contributed by atoms with van der Waals surface area (Å²) in [4.78, 5) is 0. The average molecular weight is 259 g/mol. The van der Waals surface area contributed by atoms with Gasteiger partial charge in [-0.2, -0.15) is 0 Å². The maximum Gasteiger partial charge on any atom is 0.152 e. The summed E-state index contributed by atoms with van der Waals surface area (Å²) in [5.74, 6) is -2.73. The van der Waals surface area contributed by atoms with Crippen LogP contribution in [0.15, 0.2) is 12.1 Å². The summed E-state index contributed by atoms with van der Waals surface area (Å²) < 4.78 is 45.1. The summed E-state index contributed by atoms with van der Waals surface area (Å²) in [6.45, 7) is 0. The normalized spacial score (nSPS) is 24.0. The van der Waals surface area contributed by atoms with Crippen LogP contribution in [0.4, 0.5) is 18.9 Å². The van der Waals surface area contributed by atoms with Crippen LogP contribution in [-0.2, 0) is 4.74 Å². The summed E-state index contributed by atoms with van der Waals surface area (Å²) in [6, 6.07) is 1.21. The zero-order valence-electron chi connectivity index (χ0n) is 10.2. The Morgan fingerprint density at radius 3 is 2.33 bits per heavy atom. The van der Waals surface area contributed by atoms with Gasteiger partial charge in [-0.3, -0.25) is 0 Å². The van der Waals surface area contributed by atoms with Gasteiger partial charge in [0, 0.05) is 19.2 Å². The Morgan fingerprint density at radius 1 is 1.11 bits per heavy atom. The van der Waals surface area contributed by atoms with Crippen molar-refractivity contribution in [3.05, 3.63) is 29.6 Å². The predicted molar refractivity (Wildman–Crippen MR) is 63.0 cm³/mol. The van der Waals surface area contributed by atoms with Gasteiger partial charge in [0.25, 0.3) is 0 Å². The van der Waals surface area contributed by atoms with E-state index >= 15 is 0 Å². The summed E-state index contributed by atoms with van der Waals surface area (Å²) >= 11 is 0. The standard InChI is InChI=1S/C13H16F3NO/c1-18-12-5-3-2-4-11(12)17-13-9(15)6-8(14)7-10(13)16/h6-7,11-12,17H,2-5H2,1H3. The van der Waals surface area contributed by atoms with E-state index < -0.39 is 17.5 Å². The fraction of sp³-hybridized carbons (Fsp3) is 0.538. The maximum atomic E-state index is 13.5. The molecule has 2 atom stereocenters. The summed E-state index contributed by atoms with van der Waals surface area (Å²) in [6.07, 6.45) is 3.61. The van der Waals surface area contributed by atoms with Crippen LogP contribution in [-0.4, -0.2) is 19.3 Å². The molecule has 5 heteroatoms. The van der Waals surface area contributed by atoms with E-state index in [0.29, 0.717) is 12.1 Å². The first-order valence-electron chi connectivity index (χ1n) is 6.05. The third-order valence-electron chi connectivity index (χ3n) is 3.34. The highest BCUT2D eigenvalue weighted by Crippen LogP contribution is 2.27. The Balaban J connectivity index is 2.17. The third-order valence-corrected chi connectivity index (χ3v) is 3.34. The molecule has 0 saturated heterocycles. The molecule has 0 amide bonds. The lowest BCUT2D eigenvalue weighted by atomic mass is 9.92. The van der Waals surface area contributed by atoms with E-state index in [2.05, 4.69) is 5.32 Å². The third kappa shape index (κ3) is 2.77. The second kappa shape index (κ2) is 5.61. The molecule has 18 heavy (non-hydrogen) atoms. The van der Waals surface area contributed by atoms with Gasteiger partial charge in [0.1, 0.15) is 11.5 Å². The number of nitrogens with one attached hydrogen (secondary N) is 1. The summed E-state index contributed by atoms with van der Waals surface area (Å²) in [7, 11) is 1.59. The Morgan fingerprint density at radius 2 is 1.72 bits per heavy atom. The van der Waals surface area contributed by atoms with Gasteiger partial charge < -0.3 is 10.1 Å². The van der Waals surface area contributed by atoms with E-state index in [9.17, 15) is 13.2 Å². The first kappa shape index (κ1) is 13.2. The van der Waals surface area contributed by atoms with Crippen molar-refractivity contribution in [2.45, 2.75) is 37.8 Å². The molecule has 0 heterocycles. The van der Waals surface area contributed by atoms with Crippen molar-refractivity contribution in [3.8, 4) is 0 Å². The molecule has 0 aromatic heterocycles. The van der Waals surface area contributed by atoms with Crippen molar-refractivity contribution in [2.24, 2.45) is 0 Å². The highest BCUT2D eigenvalue weighted by atomic mass is 19.1. The number of rotatable bonds is 3. The van der Waals surface area contributed by atoms with Crippen LogP contribution >= 0.6 is 0 Å². The Bertz CT molecular complexity index is 402. The van der Waals surface area contributed by atoms with Crippen LogP contribution in [0.3, 0.4) is 0 Å². The highest BCUT2D eigenvalue weighted by Gasteiger charge is 2.26. The van der Waals surface area contributed by atoms with Gasteiger partial charge in [-0.05, 0) is 12.8 Å². The molecule has 1 aromatic carbocycles. The van der Waals surface area contributed by atoms with Crippen molar-refractivity contribution in [1.29, 1.82) is 0 Å². The number of benzene rings is 1. The molecule has 1 N–H and O–H groups in total. The molecule has 0 aliphatic heterocycles. The quantitative estimate of drug-likeness (QED) is 0.897. The van der Waals surface area contributed by atoms with E-state index in [0.717, 1.165) is 25.7 Å². The van der Waals surface area contributed by atoms with Crippen molar-refractivity contribution in [3.63, 3.8) is 0 Å². The van der Waals surface area contributed by atoms with Gasteiger partial charge in [-0.1, -0.05) is 12.8 Å². The lowest BCUT2D eigenvalue weighted by molar-refractivity contribution is 0.0604. The van der Waals surface area contributed by atoms with Crippen LogP contribution in [0.2, 0.25) is 0 Å². The molecule has 1 aliphatic carbocycles. The van der Waals surface area contributed by atoms with Crippen LogP contribution < -0.4 is 5.32 Å². The molecular weight excluding hydrogens is 243 g/mol. The van der Waals surface area contributed by atoms with Gasteiger partial charge >= 0.3 is 0 Å². The van der Waals surface area contributed by atoms with Crippen LogP contribution in [0.1, 0.15) is 25.7 Å². The second-order valence-electron chi connectivity index (χ2n) is 4.55. The summed E-state index contributed by atoms with van der Waals surface area (Å²) in [5.41, 5.74) is -0.273. The van der Waals surface area contributed by atoms with E-state index in [4.69, 9.17) is 4.74 Å². The SMILES string of the molecule is COC1CCCCC1Nc1c(F)cc(F)cc1F. The molecule has 0 radical (unpaired) electrons. The fourth-order valence-corrected chi connectivity index (χ4v) is 2.41. The maximum absolute atomic E-state index is 13.5. The number of hydrogen-bond acceptors (Lipinski definition) is 2. The topological polar surface area (TPSA) is 21.3 Å². The monoisotopic (exact) mass is 259 g/mol. The Labute approximate surface area is 104 Å². The van der Waals surface area contributed by atoms with Gasteiger partial charge in [0.15, 0.2) is 11.6 Å². The van der Waals surface area contributed by atoms with Crippen molar-refractivity contribution < 1.29 is 17.9 Å². The molecule has 0 spiro atoms. The van der Waals surface area contributed by atoms with E-state index in [1.54, 1.807) is 7.11 Å². The zero-order valence-corrected chi connectivity index (χ0v) is 10.2. The van der Waals surface area contributed by atoms with Gasteiger partial charge in [0.2, 0.25) is 0 Å². The average Bonchev–Trinajstić information content (AvgIpc) is 2.34. The molecule has 1 aromatic rings. The molecule has 100 valence electrons. The molecule has 1 fully saturated rings. The number of anilines is 1. The van der Waals surface area contributed by atoms with Gasteiger partial charge in [-0.15, -0.1) is 0 Å². The van der Waals surface area contributed by atoms with E-state index in [1.165, 1.54) is 0 Å². The largest absolute Gasteiger partial charge is 0.379 e. The van der Waals surface area contributed by atoms with Crippen molar-refractivity contribution in [2.75, 3.05) is 12.4 Å². The van der Waals surface area contributed by atoms with Crippen LogP contribution in [0.5, 0.6) is 0 Å². The zero-order chi connectivity index (χ0) is 13.1. The Kier molecular flexibility index (Phi) is 4.11. The molecular formula is C13H16F3NO. The molecule has 1 saturated carbocycles. The van der Waals surface area contributed by atoms with Crippen molar-refractivity contribution >= 4 is 5.69 Å². The molecule has 2 rings (SSSR count). The lowest BCUT2D eigenvalue weighted by Crippen LogP contribution is -2.38. The van der Waals surface area contributed by atoms with Gasteiger partial charge in [0.05, 0.1) is 12.1 Å². The molecule has 0 bridgehead atoms. The van der Waals surface area contributed by atoms with E-state index in [-0.39, 0.29) is 17.8 Å². The number of ether oxygens (including phenoxy) is 1. The Hall–Kier alpha value is -1.23. The first-order valence-corrected chi connectivity index (χ1v) is 6.05. The van der Waals surface area contributed by atoms with Crippen LogP contribution in [0, 0.1) is 17.5 Å². The second-order valence-corrected chi connectivity index (χ2v) is 4.55. The minimum Gasteiger partial charge on any atom is -0.379 e. The fourth-order valence-electron chi connectivity index (χ4n) is 2.41. The summed E-state index contributed by atoms with van der Waals surface area (Å²) in [5, 5.41) is 2.80. The number of halogens is 3. The molecule has 2 unspecified atom stereocenters. The minimum atomic E-state index is -0.914. The number of hydrogen-bond donors (Lipinski definition) is 1. The van der Waals surface area contributed by atoms with Crippen LogP contribution in [0.25, 0.3) is 0 Å². The smallest absolute Gasteiger partial charge is 0.152 e. The predicted octanol–water partition coefficient (Wildman–Crippen LogP) is 3.47. The minimum absolute atomic E-state index is 0.0670. The lowest BCUT2D eigenvalue weighted by Gasteiger charge is -2.32. The van der Waals surface area contributed by atoms with E-state index in [1.807, 2.05) is 0 Å². The first-order chi connectivity index (χ1) is 8.61. The van der Waals surface area contributed by atoms with Crippen molar-refractivity contribution in [1.82, 2.24) is 0 Å². The highest BCUT2D eigenvalue weighted by molar-refractivity contribution is 5.47. The molecule has 2 nitrogen and oxygen atoms in total. The molecule has 1 aliphatic rings.